The van der Waals surface area contributed by atoms with Crippen LogP contribution in [0.3, 0.4) is 0 Å². The number of piperazine rings is 1. The zero-order valence-electron chi connectivity index (χ0n) is 10.1. The first kappa shape index (κ1) is 12.1. The number of aryl methyl sites for hydroxylation is 1. The lowest BCUT2D eigenvalue weighted by Crippen LogP contribution is -2.48. The van der Waals surface area contributed by atoms with Crippen LogP contribution in [-0.2, 0) is 4.79 Å². The largest absolute Gasteiger partial charge is 0.368 e. The number of nitrogens with two attached hydrogens (primary N) is 1. The smallest absolute Gasteiger partial charge is 0.239 e. The van der Waals surface area contributed by atoms with E-state index in [4.69, 9.17) is 5.73 Å². The molecular weight excluding hydrogens is 214 g/mol. The summed E-state index contributed by atoms with van der Waals surface area (Å²) >= 11 is 0. The van der Waals surface area contributed by atoms with Gasteiger partial charge in [-0.3, -0.25) is 9.69 Å². The molecule has 1 fully saturated rings. The van der Waals surface area contributed by atoms with Crippen LogP contribution in [-0.4, -0.2) is 37.0 Å². The van der Waals surface area contributed by atoms with Gasteiger partial charge in [0.2, 0.25) is 5.91 Å². The maximum atomic E-state index is 11.7. The first-order chi connectivity index (χ1) is 8.18. The van der Waals surface area contributed by atoms with Gasteiger partial charge in [0.1, 0.15) is 6.04 Å². The molecule has 1 atom stereocenters. The molecule has 0 aromatic heterocycles. The van der Waals surface area contributed by atoms with Crippen LogP contribution in [0.1, 0.15) is 17.2 Å². The summed E-state index contributed by atoms with van der Waals surface area (Å²) in [5.41, 5.74) is 7.70. The number of benzene rings is 1. The van der Waals surface area contributed by atoms with Gasteiger partial charge in [0.15, 0.2) is 0 Å². The number of nitrogens with one attached hydrogen (secondary N) is 1. The summed E-state index contributed by atoms with van der Waals surface area (Å²) < 4.78 is 0. The van der Waals surface area contributed by atoms with E-state index in [2.05, 4.69) is 10.2 Å². The Labute approximate surface area is 102 Å². The standard InChI is InChI=1S/C13H19N3O/c1-10-3-2-4-11(9-10)12(13(14)17)16-7-5-15-6-8-16/h2-4,9,12,15H,5-8H2,1H3,(H2,14,17). The Kier molecular flexibility index (Phi) is 3.76. The van der Waals surface area contributed by atoms with Crippen molar-refractivity contribution >= 4 is 5.91 Å². The Balaban J connectivity index is 2.25. The molecule has 92 valence electrons. The average Bonchev–Trinajstić information content (AvgIpc) is 2.30. The molecule has 0 aliphatic carbocycles. The van der Waals surface area contributed by atoms with Crippen LogP contribution in [0.25, 0.3) is 0 Å². The number of primary amides is 1. The minimum absolute atomic E-state index is 0.266. The third kappa shape index (κ3) is 2.84. The maximum absolute atomic E-state index is 11.7. The van der Waals surface area contributed by atoms with Gasteiger partial charge in [0.25, 0.3) is 0 Å². The molecule has 1 unspecified atom stereocenters. The van der Waals surface area contributed by atoms with Crippen molar-refractivity contribution in [3.05, 3.63) is 35.4 Å². The van der Waals surface area contributed by atoms with Gasteiger partial charge in [-0.15, -0.1) is 0 Å². The molecule has 0 radical (unpaired) electrons. The van der Waals surface area contributed by atoms with Crippen LogP contribution in [0.2, 0.25) is 0 Å². The molecule has 1 heterocycles. The van der Waals surface area contributed by atoms with E-state index in [1.807, 2.05) is 31.2 Å². The Bertz CT molecular complexity index is 399. The van der Waals surface area contributed by atoms with E-state index in [1.165, 1.54) is 0 Å². The molecule has 0 saturated carbocycles. The minimum Gasteiger partial charge on any atom is -0.368 e. The Morgan fingerprint density at radius 1 is 1.41 bits per heavy atom. The van der Waals surface area contributed by atoms with Crippen LogP contribution in [0.4, 0.5) is 0 Å². The highest BCUT2D eigenvalue weighted by molar-refractivity contribution is 5.81. The second-order valence-corrected chi connectivity index (χ2v) is 4.51. The van der Waals surface area contributed by atoms with Gasteiger partial charge in [-0.1, -0.05) is 29.8 Å². The monoisotopic (exact) mass is 233 g/mol. The summed E-state index contributed by atoms with van der Waals surface area (Å²) in [6.45, 7) is 5.58. The lowest BCUT2D eigenvalue weighted by atomic mass is 10.0. The van der Waals surface area contributed by atoms with E-state index in [0.29, 0.717) is 0 Å². The summed E-state index contributed by atoms with van der Waals surface area (Å²) in [5, 5.41) is 3.28. The van der Waals surface area contributed by atoms with Crippen molar-refractivity contribution in [3.8, 4) is 0 Å². The summed E-state index contributed by atoms with van der Waals surface area (Å²) in [4.78, 5) is 13.8. The minimum atomic E-state index is -0.294. The zero-order valence-corrected chi connectivity index (χ0v) is 10.1. The average molecular weight is 233 g/mol. The van der Waals surface area contributed by atoms with Crippen molar-refractivity contribution in [2.75, 3.05) is 26.2 Å². The van der Waals surface area contributed by atoms with Crippen LogP contribution < -0.4 is 11.1 Å². The molecular formula is C13H19N3O. The second-order valence-electron chi connectivity index (χ2n) is 4.51. The molecule has 1 aromatic carbocycles. The molecule has 1 aliphatic rings. The SMILES string of the molecule is Cc1cccc(C(C(N)=O)N2CCNCC2)c1. The second kappa shape index (κ2) is 5.29. The van der Waals surface area contributed by atoms with Gasteiger partial charge in [0.05, 0.1) is 0 Å². The van der Waals surface area contributed by atoms with Gasteiger partial charge >= 0.3 is 0 Å². The van der Waals surface area contributed by atoms with Crippen LogP contribution in [0.5, 0.6) is 0 Å². The van der Waals surface area contributed by atoms with E-state index >= 15 is 0 Å². The number of carbonyl (C=O) groups excluding carboxylic acids is 1. The topological polar surface area (TPSA) is 58.4 Å². The first-order valence-electron chi connectivity index (χ1n) is 5.99. The van der Waals surface area contributed by atoms with Crippen molar-refractivity contribution < 1.29 is 4.79 Å². The predicted octanol–water partition coefficient (Wildman–Crippen LogP) is 0.427. The van der Waals surface area contributed by atoms with Crippen LogP contribution in [0, 0.1) is 6.92 Å². The first-order valence-corrected chi connectivity index (χ1v) is 5.99. The number of nitrogens with zero attached hydrogens (tertiary/aromatic N) is 1. The molecule has 17 heavy (non-hydrogen) atoms. The van der Waals surface area contributed by atoms with E-state index in [9.17, 15) is 4.79 Å². The lowest BCUT2D eigenvalue weighted by molar-refractivity contribution is -0.123. The highest BCUT2D eigenvalue weighted by Gasteiger charge is 2.26. The maximum Gasteiger partial charge on any atom is 0.239 e. The van der Waals surface area contributed by atoms with E-state index in [1.54, 1.807) is 0 Å². The van der Waals surface area contributed by atoms with Crippen LogP contribution in [0.15, 0.2) is 24.3 Å². The highest BCUT2D eigenvalue weighted by Crippen LogP contribution is 2.21. The number of hydrogen-bond acceptors (Lipinski definition) is 3. The normalized spacial score (nSPS) is 18.9. The molecule has 2 rings (SSSR count). The Morgan fingerprint density at radius 2 is 2.12 bits per heavy atom. The molecule has 3 N–H and O–H groups in total. The highest BCUT2D eigenvalue weighted by atomic mass is 16.1. The van der Waals surface area contributed by atoms with Crippen molar-refractivity contribution in [3.63, 3.8) is 0 Å². The van der Waals surface area contributed by atoms with Crippen molar-refractivity contribution in [1.29, 1.82) is 0 Å². The molecule has 1 saturated heterocycles. The van der Waals surface area contributed by atoms with Crippen molar-refractivity contribution in [1.82, 2.24) is 10.2 Å². The summed E-state index contributed by atoms with van der Waals surface area (Å²) in [6, 6.07) is 7.72. The third-order valence-electron chi connectivity index (χ3n) is 3.14. The lowest BCUT2D eigenvalue weighted by Gasteiger charge is -2.33. The summed E-state index contributed by atoms with van der Waals surface area (Å²) in [6.07, 6.45) is 0. The fourth-order valence-electron chi connectivity index (χ4n) is 2.34. The quantitative estimate of drug-likeness (QED) is 0.796. The fourth-order valence-corrected chi connectivity index (χ4v) is 2.34. The van der Waals surface area contributed by atoms with Crippen molar-refractivity contribution in [2.24, 2.45) is 5.73 Å². The molecule has 1 aliphatic heterocycles. The van der Waals surface area contributed by atoms with E-state index < -0.39 is 0 Å². The number of carbonyl (C=O) groups is 1. The molecule has 0 spiro atoms. The van der Waals surface area contributed by atoms with Gasteiger partial charge in [-0.2, -0.15) is 0 Å². The summed E-state index contributed by atoms with van der Waals surface area (Å²) in [7, 11) is 0. The van der Waals surface area contributed by atoms with Gasteiger partial charge in [-0.25, -0.2) is 0 Å². The number of amides is 1. The molecule has 0 bridgehead atoms. The van der Waals surface area contributed by atoms with Gasteiger partial charge < -0.3 is 11.1 Å². The number of hydrogen-bond donors (Lipinski definition) is 2. The molecule has 4 nitrogen and oxygen atoms in total. The van der Waals surface area contributed by atoms with Crippen molar-refractivity contribution in [2.45, 2.75) is 13.0 Å². The predicted molar refractivity (Wildman–Crippen MR) is 67.6 cm³/mol. The van der Waals surface area contributed by atoms with E-state index in [0.717, 1.165) is 37.3 Å². The van der Waals surface area contributed by atoms with E-state index in [-0.39, 0.29) is 11.9 Å². The third-order valence-corrected chi connectivity index (χ3v) is 3.14. The summed E-state index contributed by atoms with van der Waals surface area (Å²) in [5.74, 6) is -0.266. The van der Waals surface area contributed by atoms with Gasteiger partial charge in [0, 0.05) is 26.2 Å². The fraction of sp³-hybridized carbons (Fsp3) is 0.462. The van der Waals surface area contributed by atoms with Gasteiger partial charge in [-0.05, 0) is 12.5 Å². The Morgan fingerprint density at radius 3 is 2.71 bits per heavy atom. The molecule has 4 heteroatoms. The number of rotatable bonds is 3. The zero-order chi connectivity index (χ0) is 12.3. The molecule has 1 amide bonds. The molecule has 1 aromatic rings. The Hall–Kier alpha value is -1.39. The van der Waals surface area contributed by atoms with Crippen LogP contribution >= 0.6 is 0 Å².